The Kier molecular flexibility index (Phi) is 5.42. The highest BCUT2D eigenvalue weighted by molar-refractivity contribution is 6.34. The Bertz CT molecular complexity index is 548. The molecule has 9 heteroatoms. The van der Waals surface area contributed by atoms with Crippen molar-refractivity contribution in [3.63, 3.8) is 0 Å². The fourth-order valence-electron chi connectivity index (χ4n) is 1.42. The van der Waals surface area contributed by atoms with E-state index in [1.165, 1.54) is 12.1 Å². The monoisotopic (exact) mass is 302 g/mol. The first-order valence-electron chi connectivity index (χ1n) is 5.46. The van der Waals surface area contributed by atoms with E-state index in [1.54, 1.807) is 0 Å². The minimum atomic E-state index is -1.61. The molecule has 0 aliphatic carbocycles. The van der Waals surface area contributed by atoms with Gasteiger partial charge in [-0.15, -0.1) is 0 Å². The van der Waals surface area contributed by atoms with Crippen LogP contribution < -0.4 is 5.32 Å². The van der Waals surface area contributed by atoms with Crippen molar-refractivity contribution in [1.29, 1.82) is 0 Å². The summed E-state index contributed by atoms with van der Waals surface area (Å²) in [5.41, 5.74) is -0.752. The number of nitro benzene ring substituents is 1. The van der Waals surface area contributed by atoms with Crippen molar-refractivity contribution in [2.45, 2.75) is 12.5 Å². The maximum absolute atomic E-state index is 11.8. The largest absolute Gasteiger partial charge is 0.479 e. The molecule has 0 radical (unpaired) electrons. The molecule has 3 N–H and O–H groups in total. The number of aliphatic carboxylic acids is 1. The highest BCUT2D eigenvalue weighted by Gasteiger charge is 2.23. The lowest BCUT2D eigenvalue weighted by Crippen LogP contribution is -2.30. The second-order valence-corrected chi connectivity index (χ2v) is 4.20. The molecule has 0 fully saturated rings. The quantitative estimate of drug-likeness (QED) is 0.526. The molecule has 0 saturated heterocycles. The third kappa shape index (κ3) is 3.90. The molecule has 1 atom stereocenters. The predicted molar refractivity (Wildman–Crippen MR) is 68.7 cm³/mol. The molecular formula is C11H11ClN2O6. The smallest absolute Gasteiger partial charge is 0.332 e. The molecule has 0 aromatic heterocycles. The normalized spacial score (nSPS) is 11.7. The highest BCUT2D eigenvalue weighted by Crippen LogP contribution is 2.25. The number of hydrogen-bond donors (Lipinski definition) is 3. The summed E-state index contributed by atoms with van der Waals surface area (Å²) in [4.78, 5) is 32.2. The minimum Gasteiger partial charge on any atom is -0.479 e. The lowest BCUT2D eigenvalue weighted by atomic mass is 10.1. The second-order valence-electron chi connectivity index (χ2n) is 3.79. The summed E-state index contributed by atoms with van der Waals surface area (Å²) < 4.78 is 0. The Balaban J connectivity index is 2.78. The maximum atomic E-state index is 11.8. The van der Waals surface area contributed by atoms with E-state index in [4.69, 9.17) is 21.8 Å². The number of rotatable bonds is 6. The Morgan fingerprint density at radius 1 is 1.45 bits per heavy atom. The van der Waals surface area contributed by atoms with Gasteiger partial charge in [-0.25, -0.2) is 4.79 Å². The van der Waals surface area contributed by atoms with E-state index in [1.807, 2.05) is 0 Å². The van der Waals surface area contributed by atoms with Gasteiger partial charge < -0.3 is 15.5 Å². The van der Waals surface area contributed by atoms with Gasteiger partial charge in [-0.3, -0.25) is 14.9 Å². The molecule has 1 amide bonds. The SMILES string of the molecule is O=C(NCCC(O)C(=O)O)c1c(Cl)cccc1[N+](=O)[O-]. The van der Waals surface area contributed by atoms with Gasteiger partial charge in [0.2, 0.25) is 0 Å². The number of carboxylic acids is 1. The van der Waals surface area contributed by atoms with Gasteiger partial charge in [0.15, 0.2) is 6.10 Å². The van der Waals surface area contributed by atoms with Crippen LogP contribution in [0.3, 0.4) is 0 Å². The van der Waals surface area contributed by atoms with Crippen molar-refractivity contribution >= 4 is 29.2 Å². The first-order chi connectivity index (χ1) is 9.34. The van der Waals surface area contributed by atoms with Gasteiger partial charge in [-0.2, -0.15) is 0 Å². The summed E-state index contributed by atoms with van der Waals surface area (Å²) in [6.07, 6.45) is -1.84. The third-order valence-corrected chi connectivity index (χ3v) is 2.72. The van der Waals surface area contributed by atoms with Gasteiger partial charge in [0.25, 0.3) is 11.6 Å². The van der Waals surface area contributed by atoms with E-state index >= 15 is 0 Å². The lowest BCUT2D eigenvalue weighted by molar-refractivity contribution is -0.385. The topological polar surface area (TPSA) is 130 Å². The zero-order valence-corrected chi connectivity index (χ0v) is 10.8. The highest BCUT2D eigenvalue weighted by atomic mass is 35.5. The summed E-state index contributed by atoms with van der Waals surface area (Å²) in [6, 6.07) is 3.80. The van der Waals surface area contributed by atoms with E-state index < -0.39 is 28.6 Å². The predicted octanol–water partition coefficient (Wildman–Crippen LogP) is 0.814. The van der Waals surface area contributed by atoms with Crippen molar-refractivity contribution in [2.75, 3.05) is 6.54 Å². The van der Waals surface area contributed by atoms with Crippen LogP contribution in [-0.4, -0.2) is 39.7 Å². The molecule has 0 aliphatic heterocycles. The Morgan fingerprint density at radius 3 is 2.65 bits per heavy atom. The number of benzene rings is 1. The van der Waals surface area contributed by atoms with Crippen LogP contribution in [0.4, 0.5) is 5.69 Å². The Hall–Kier alpha value is -2.19. The van der Waals surface area contributed by atoms with E-state index in [-0.39, 0.29) is 23.6 Å². The first kappa shape index (κ1) is 15.9. The molecule has 0 heterocycles. The van der Waals surface area contributed by atoms with Crippen molar-refractivity contribution in [3.8, 4) is 0 Å². The van der Waals surface area contributed by atoms with Gasteiger partial charge >= 0.3 is 5.97 Å². The van der Waals surface area contributed by atoms with E-state index in [9.17, 15) is 19.7 Å². The molecule has 0 bridgehead atoms. The molecular weight excluding hydrogens is 292 g/mol. The van der Waals surface area contributed by atoms with Gasteiger partial charge in [-0.1, -0.05) is 17.7 Å². The summed E-state index contributed by atoms with van der Waals surface area (Å²) in [7, 11) is 0. The van der Waals surface area contributed by atoms with Gasteiger partial charge in [0.05, 0.1) is 9.95 Å². The summed E-state index contributed by atoms with van der Waals surface area (Å²) in [6.45, 7) is -0.158. The number of nitro groups is 1. The van der Waals surface area contributed by atoms with Crippen LogP contribution in [-0.2, 0) is 4.79 Å². The molecule has 1 rings (SSSR count). The third-order valence-electron chi connectivity index (χ3n) is 2.40. The van der Waals surface area contributed by atoms with Crippen LogP contribution in [0.2, 0.25) is 5.02 Å². The van der Waals surface area contributed by atoms with Gasteiger partial charge in [0.1, 0.15) is 5.56 Å². The molecule has 108 valence electrons. The Morgan fingerprint density at radius 2 is 2.10 bits per heavy atom. The van der Waals surface area contributed by atoms with Crippen molar-refractivity contribution in [2.24, 2.45) is 0 Å². The number of aliphatic hydroxyl groups excluding tert-OH is 1. The standard InChI is InChI=1S/C11H11ClN2O6/c12-6-2-1-3-7(14(19)20)9(6)10(16)13-5-4-8(15)11(17)18/h1-3,8,15H,4-5H2,(H,13,16)(H,17,18). The number of carboxylic acid groups (broad SMARTS) is 1. The summed E-state index contributed by atoms with van der Waals surface area (Å²) in [5, 5.41) is 30.5. The number of halogens is 1. The maximum Gasteiger partial charge on any atom is 0.332 e. The lowest BCUT2D eigenvalue weighted by Gasteiger charge is -2.08. The number of hydrogen-bond acceptors (Lipinski definition) is 5. The Labute approximate surface area is 118 Å². The summed E-state index contributed by atoms with van der Waals surface area (Å²) in [5.74, 6) is -2.22. The van der Waals surface area contributed by atoms with Crippen molar-refractivity contribution in [3.05, 3.63) is 38.9 Å². The van der Waals surface area contributed by atoms with Gasteiger partial charge in [-0.05, 0) is 6.07 Å². The fraction of sp³-hybridized carbons (Fsp3) is 0.273. The second kappa shape index (κ2) is 6.83. The molecule has 8 nitrogen and oxygen atoms in total. The number of carbonyl (C=O) groups excluding carboxylic acids is 1. The zero-order valence-electron chi connectivity index (χ0n) is 10.1. The molecule has 0 saturated carbocycles. The first-order valence-corrected chi connectivity index (χ1v) is 5.84. The van der Waals surface area contributed by atoms with Crippen molar-refractivity contribution < 1.29 is 24.7 Å². The molecule has 0 aliphatic rings. The molecule has 1 aromatic rings. The fourth-order valence-corrected chi connectivity index (χ4v) is 1.68. The number of aliphatic hydroxyl groups is 1. The number of amides is 1. The van der Waals surface area contributed by atoms with E-state index in [0.717, 1.165) is 6.07 Å². The molecule has 1 unspecified atom stereocenters. The van der Waals surface area contributed by atoms with Crippen LogP contribution in [0.1, 0.15) is 16.8 Å². The van der Waals surface area contributed by atoms with Gasteiger partial charge in [0, 0.05) is 19.0 Å². The average Bonchev–Trinajstić information content (AvgIpc) is 2.37. The number of carbonyl (C=O) groups is 2. The molecule has 20 heavy (non-hydrogen) atoms. The van der Waals surface area contributed by atoms with Crippen LogP contribution >= 0.6 is 11.6 Å². The van der Waals surface area contributed by atoms with E-state index in [0.29, 0.717) is 0 Å². The zero-order chi connectivity index (χ0) is 15.3. The summed E-state index contributed by atoms with van der Waals surface area (Å²) >= 11 is 5.75. The van der Waals surface area contributed by atoms with Crippen LogP contribution in [0.25, 0.3) is 0 Å². The van der Waals surface area contributed by atoms with Crippen LogP contribution in [0, 0.1) is 10.1 Å². The van der Waals surface area contributed by atoms with Crippen LogP contribution in [0.5, 0.6) is 0 Å². The van der Waals surface area contributed by atoms with Crippen LogP contribution in [0.15, 0.2) is 18.2 Å². The number of nitrogens with one attached hydrogen (secondary N) is 1. The number of nitrogens with zero attached hydrogens (tertiary/aromatic N) is 1. The molecule has 1 aromatic carbocycles. The molecule has 0 spiro atoms. The van der Waals surface area contributed by atoms with Crippen molar-refractivity contribution in [1.82, 2.24) is 5.32 Å². The average molecular weight is 303 g/mol. The van der Waals surface area contributed by atoms with E-state index in [2.05, 4.69) is 5.32 Å². The minimum absolute atomic E-state index is 0.0875.